The lowest BCUT2D eigenvalue weighted by molar-refractivity contribution is -0.204. The third-order valence-corrected chi connectivity index (χ3v) is 7.70. The maximum Gasteiger partial charge on any atom is 0.193 e. The molecule has 3 heterocycles. The Hall–Kier alpha value is -0.420. The third kappa shape index (κ3) is 5.79. The summed E-state index contributed by atoms with van der Waals surface area (Å²) < 4.78 is 13.5. The Morgan fingerprint density at radius 3 is 2.35 bits per heavy atom. The highest BCUT2D eigenvalue weighted by Gasteiger charge is 2.25. The van der Waals surface area contributed by atoms with Gasteiger partial charge in [0.2, 0.25) is 0 Å². The van der Waals surface area contributed by atoms with Crippen molar-refractivity contribution in [3.05, 3.63) is 21.9 Å². The van der Waals surface area contributed by atoms with E-state index < -0.39 is 0 Å². The summed E-state index contributed by atoms with van der Waals surface area (Å²) in [7, 11) is 0. The van der Waals surface area contributed by atoms with Gasteiger partial charge in [0.05, 0.1) is 22.1 Å². The van der Waals surface area contributed by atoms with Crippen LogP contribution in [0.15, 0.2) is 12.1 Å². The van der Waals surface area contributed by atoms with E-state index in [-0.39, 0.29) is 6.29 Å². The average molecular weight is 395 g/mol. The molecule has 0 spiro atoms. The largest absolute Gasteiger partial charge is 0.347 e. The van der Waals surface area contributed by atoms with Gasteiger partial charge in [0.1, 0.15) is 0 Å². The molecule has 1 aliphatic heterocycles. The van der Waals surface area contributed by atoms with E-state index >= 15 is 0 Å². The maximum absolute atomic E-state index is 6.06. The summed E-state index contributed by atoms with van der Waals surface area (Å²) in [5.41, 5.74) is 0. The van der Waals surface area contributed by atoms with E-state index in [0.29, 0.717) is 5.92 Å². The molecule has 0 aromatic carbocycles. The summed E-state index contributed by atoms with van der Waals surface area (Å²) in [4.78, 5) is 2.77. The van der Waals surface area contributed by atoms with Crippen LogP contribution >= 0.6 is 22.7 Å². The van der Waals surface area contributed by atoms with Gasteiger partial charge in [-0.1, -0.05) is 58.8 Å². The number of thiophene rings is 2. The molecule has 1 saturated heterocycles. The van der Waals surface area contributed by atoms with Crippen molar-refractivity contribution in [1.82, 2.24) is 0 Å². The Balaban J connectivity index is 1.43. The van der Waals surface area contributed by atoms with Crippen molar-refractivity contribution < 1.29 is 9.47 Å². The second-order valence-electron chi connectivity index (χ2n) is 7.63. The molecule has 2 aromatic heterocycles. The van der Waals surface area contributed by atoms with Gasteiger partial charge in [0, 0.05) is 16.2 Å². The monoisotopic (exact) mass is 394 g/mol. The van der Waals surface area contributed by atoms with Crippen molar-refractivity contribution in [2.75, 3.05) is 13.2 Å². The number of hydrogen-bond donors (Lipinski definition) is 0. The third-order valence-electron chi connectivity index (χ3n) is 5.23. The molecule has 0 atom stereocenters. The van der Waals surface area contributed by atoms with Crippen LogP contribution in [0.1, 0.15) is 87.7 Å². The SMILES string of the molecule is CCCCCCCC1COC(c2cc3cc(CCCCC)sc3s2)OC1. The van der Waals surface area contributed by atoms with Crippen LogP contribution < -0.4 is 0 Å². The molecule has 26 heavy (non-hydrogen) atoms. The molecule has 146 valence electrons. The fraction of sp³-hybridized carbons (Fsp3) is 0.727. The van der Waals surface area contributed by atoms with Crippen LogP contribution in [0.4, 0.5) is 0 Å². The lowest BCUT2D eigenvalue weighted by Crippen LogP contribution is -2.26. The minimum atomic E-state index is -0.139. The Labute approximate surface area is 166 Å². The molecule has 2 nitrogen and oxygen atoms in total. The molecule has 0 unspecified atom stereocenters. The van der Waals surface area contributed by atoms with Crippen LogP contribution in [-0.4, -0.2) is 13.2 Å². The molecular weight excluding hydrogens is 360 g/mol. The predicted octanol–water partition coefficient (Wildman–Crippen LogP) is 7.72. The highest BCUT2D eigenvalue weighted by molar-refractivity contribution is 7.38. The molecule has 0 bridgehead atoms. The summed E-state index contributed by atoms with van der Waals surface area (Å²) in [5.74, 6) is 0.583. The van der Waals surface area contributed by atoms with Crippen LogP contribution in [0.3, 0.4) is 0 Å². The Bertz CT molecular complexity index is 606. The lowest BCUT2D eigenvalue weighted by atomic mass is 10.0. The number of rotatable bonds is 11. The van der Waals surface area contributed by atoms with E-state index in [1.807, 2.05) is 22.7 Å². The van der Waals surface area contributed by atoms with Gasteiger partial charge >= 0.3 is 0 Å². The summed E-state index contributed by atoms with van der Waals surface area (Å²) in [6.07, 6.45) is 13.0. The van der Waals surface area contributed by atoms with Crippen molar-refractivity contribution >= 4 is 32.1 Å². The van der Waals surface area contributed by atoms with E-state index in [1.54, 1.807) is 0 Å². The van der Waals surface area contributed by atoms with E-state index in [1.165, 1.54) is 83.4 Å². The van der Waals surface area contributed by atoms with Gasteiger partial charge in [0.15, 0.2) is 6.29 Å². The van der Waals surface area contributed by atoms with Gasteiger partial charge in [-0.3, -0.25) is 0 Å². The highest BCUT2D eigenvalue weighted by atomic mass is 32.2. The summed E-state index contributed by atoms with van der Waals surface area (Å²) in [6, 6.07) is 4.66. The minimum absolute atomic E-state index is 0.139. The van der Waals surface area contributed by atoms with E-state index in [4.69, 9.17) is 9.47 Å². The van der Waals surface area contributed by atoms with Crippen molar-refractivity contribution in [3.63, 3.8) is 0 Å². The number of ether oxygens (including phenoxy) is 2. The number of fused-ring (bicyclic) bond motifs is 1. The van der Waals surface area contributed by atoms with E-state index in [9.17, 15) is 0 Å². The Morgan fingerprint density at radius 1 is 0.885 bits per heavy atom. The quantitative estimate of drug-likeness (QED) is 0.363. The fourth-order valence-electron chi connectivity index (χ4n) is 3.61. The average Bonchev–Trinajstić information content (AvgIpc) is 3.21. The van der Waals surface area contributed by atoms with Crippen LogP contribution in [0.5, 0.6) is 0 Å². The van der Waals surface area contributed by atoms with Crippen LogP contribution in [-0.2, 0) is 15.9 Å². The second-order valence-corrected chi connectivity index (χ2v) is 10.1. The highest BCUT2D eigenvalue weighted by Crippen LogP contribution is 2.39. The van der Waals surface area contributed by atoms with E-state index in [0.717, 1.165) is 13.2 Å². The van der Waals surface area contributed by atoms with Gasteiger partial charge in [-0.2, -0.15) is 0 Å². The second kappa shape index (κ2) is 10.8. The van der Waals surface area contributed by atoms with Gasteiger partial charge in [-0.05, 0) is 31.4 Å². The molecule has 4 heteroatoms. The molecule has 1 aliphatic rings. The molecule has 0 amide bonds. The molecular formula is C22H34O2S2. The van der Waals surface area contributed by atoms with Crippen LogP contribution in [0, 0.1) is 5.92 Å². The summed E-state index contributed by atoms with van der Waals surface area (Å²) >= 11 is 3.82. The molecule has 0 radical (unpaired) electrons. The number of aryl methyl sites for hydroxylation is 1. The van der Waals surface area contributed by atoms with Crippen LogP contribution in [0.2, 0.25) is 0 Å². The van der Waals surface area contributed by atoms with E-state index in [2.05, 4.69) is 26.0 Å². The van der Waals surface area contributed by atoms with Gasteiger partial charge in [-0.25, -0.2) is 0 Å². The first-order valence-electron chi connectivity index (χ1n) is 10.6. The van der Waals surface area contributed by atoms with Gasteiger partial charge in [0.25, 0.3) is 0 Å². The zero-order chi connectivity index (χ0) is 18.2. The molecule has 1 fully saturated rings. The molecule has 0 saturated carbocycles. The maximum atomic E-state index is 6.06. The van der Waals surface area contributed by atoms with Crippen molar-refractivity contribution in [2.45, 2.75) is 84.3 Å². The first-order valence-corrected chi connectivity index (χ1v) is 12.2. The van der Waals surface area contributed by atoms with Gasteiger partial charge in [-0.15, -0.1) is 22.7 Å². The first kappa shape index (κ1) is 20.3. The predicted molar refractivity (Wildman–Crippen MR) is 114 cm³/mol. The Kier molecular flexibility index (Phi) is 8.44. The minimum Gasteiger partial charge on any atom is -0.347 e. The van der Waals surface area contributed by atoms with Crippen molar-refractivity contribution in [2.24, 2.45) is 5.92 Å². The molecule has 3 rings (SSSR count). The lowest BCUT2D eigenvalue weighted by Gasteiger charge is -2.28. The summed E-state index contributed by atoms with van der Waals surface area (Å²) in [6.45, 7) is 6.24. The van der Waals surface area contributed by atoms with Crippen molar-refractivity contribution in [3.8, 4) is 0 Å². The molecule has 0 N–H and O–H groups in total. The van der Waals surface area contributed by atoms with Crippen molar-refractivity contribution in [1.29, 1.82) is 0 Å². The zero-order valence-corrected chi connectivity index (χ0v) is 18.1. The zero-order valence-electron chi connectivity index (χ0n) is 16.4. The number of hydrogen-bond acceptors (Lipinski definition) is 4. The summed E-state index contributed by atoms with van der Waals surface area (Å²) in [5, 5.41) is 1.38. The first-order chi connectivity index (χ1) is 12.8. The topological polar surface area (TPSA) is 18.5 Å². The van der Waals surface area contributed by atoms with Crippen LogP contribution in [0.25, 0.3) is 9.40 Å². The molecule has 0 aliphatic carbocycles. The standard InChI is InChI=1S/C22H34O2S2/c1-3-5-7-8-10-11-17-15-23-21(24-16-17)20-14-18-13-19(12-9-6-4-2)25-22(18)26-20/h13-14,17,21H,3-12,15-16H2,1-2H3. The molecule has 2 aromatic rings. The number of unbranched alkanes of at least 4 members (excludes halogenated alkanes) is 6. The Morgan fingerprint density at radius 2 is 1.62 bits per heavy atom. The fourth-order valence-corrected chi connectivity index (χ4v) is 6.16. The van der Waals surface area contributed by atoms with Gasteiger partial charge < -0.3 is 9.47 Å². The smallest absolute Gasteiger partial charge is 0.193 e. The normalized spacial score (nSPS) is 20.8.